The average molecular weight is 564 g/mol. The van der Waals surface area contributed by atoms with Gasteiger partial charge in [0, 0.05) is 29.6 Å². The summed E-state index contributed by atoms with van der Waals surface area (Å²) in [7, 11) is 0. The van der Waals surface area contributed by atoms with E-state index in [1.54, 1.807) is 12.1 Å². The maximum absolute atomic E-state index is 15.0. The first-order valence-electron chi connectivity index (χ1n) is 12.9. The van der Waals surface area contributed by atoms with Gasteiger partial charge in [0.05, 0.1) is 30.5 Å². The smallest absolute Gasteiger partial charge is 0.303 e. The third kappa shape index (κ3) is 5.05. The normalized spacial score (nSPS) is 14.8. The number of nitrogens with one attached hydrogen (secondary N) is 2. The molecule has 0 radical (unpaired) electrons. The molecule has 6 rings (SSSR count). The molecule has 3 N–H and O–H groups in total. The third-order valence-electron chi connectivity index (χ3n) is 6.88. The van der Waals surface area contributed by atoms with E-state index in [1.165, 1.54) is 30.6 Å². The highest BCUT2D eigenvalue weighted by molar-refractivity contribution is 5.82. The Morgan fingerprint density at radius 3 is 2.68 bits per heavy atom. The van der Waals surface area contributed by atoms with Crippen LogP contribution in [0.25, 0.3) is 22.3 Å². The number of hydrogen-bond acceptors (Lipinski definition) is 5. The van der Waals surface area contributed by atoms with Gasteiger partial charge in [0.2, 0.25) is 5.79 Å². The number of aromatic amines is 2. The van der Waals surface area contributed by atoms with E-state index in [9.17, 15) is 13.6 Å². The van der Waals surface area contributed by atoms with Crippen molar-refractivity contribution in [2.45, 2.75) is 25.0 Å². The number of fused-ring (bicyclic) bond motifs is 1. The fraction of sp³-hybridized carbons (Fsp3) is 0.200. The standard InChI is InChI=1S/C30H24F3N3O5/c31-22-7-6-19(41-28-23(32)15-24-20(27(28)33)9-10-34-24)14-21(22)29-35-16-25(36-29)30(39-11-2-12-40-30)18-4-1-3-17(13-18)5-8-26(37)38/h1,3-4,6-7,9-10,13-16,34H,2,5,8,11-12H2,(H,35,36)(H,37,38). The number of halogens is 3. The Morgan fingerprint density at radius 1 is 1.05 bits per heavy atom. The molecule has 1 saturated heterocycles. The van der Waals surface area contributed by atoms with Gasteiger partial charge in [0.15, 0.2) is 17.4 Å². The summed E-state index contributed by atoms with van der Waals surface area (Å²) in [4.78, 5) is 21.2. The van der Waals surface area contributed by atoms with Crippen LogP contribution in [0.1, 0.15) is 29.7 Å². The van der Waals surface area contributed by atoms with Gasteiger partial charge in [-0.05, 0) is 48.7 Å². The summed E-state index contributed by atoms with van der Waals surface area (Å²) >= 11 is 0. The Balaban J connectivity index is 1.34. The molecule has 5 aromatic rings. The molecule has 41 heavy (non-hydrogen) atoms. The van der Waals surface area contributed by atoms with Crippen LogP contribution in [-0.2, 0) is 26.5 Å². The molecule has 8 nitrogen and oxygen atoms in total. The molecule has 0 amide bonds. The number of H-pyrrole nitrogens is 2. The van der Waals surface area contributed by atoms with Crippen LogP contribution in [0.5, 0.6) is 11.5 Å². The average Bonchev–Trinajstić information content (AvgIpc) is 3.66. The molecule has 0 atom stereocenters. The fourth-order valence-corrected chi connectivity index (χ4v) is 4.89. The summed E-state index contributed by atoms with van der Waals surface area (Å²) < 4.78 is 62.4. The molecule has 0 spiro atoms. The van der Waals surface area contributed by atoms with Crippen LogP contribution in [0.4, 0.5) is 13.2 Å². The SMILES string of the molecule is O=C(O)CCc1cccc(C2(c3cnc(-c4cc(Oc5c(F)cc6[nH]ccc6c5F)ccc4F)[nH]3)OCCCO2)c1. The Labute approximate surface area is 231 Å². The molecular formula is C30H24F3N3O5. The van der Waals surface area contributed by atoms with E-state index >= 15 is 4.39 Å². The second-order valence-corrected chi connectivity index (χ2v) is 9.59. The van der Waals surface area contributed by atoms with Crippen LogP contribution in [0.2, 0.25) is 0 Å². The van der Waals surface area contributed by atoms with Crippen molar-refractivity contribution in [1.82, 2.24) is 15.0 Å². The van der Waals surface area contributed by atoms with Gasteiger partial charge < -0.3 is 29.3 Å². The highest BCUT2D eigenvalue weighted by Crippen LogP contribution is 2.39. The van der Waals surface area contributed by atoms with Crippen molar-refractivity contribution in [1.29, 1.82) is 0 Å². The van der Waals surface area contributed by atoms with E-state index in [2.05, 4.69) is 15.0 Å². The van der Waals surface area contributed by atoms with Crippen molar-refractivity contribution in [2.75, 3.05) is 13.2 Å². The number of rotatable bonds is 8. The summed E-state index contributed by atoms with van der Waals surface area (Å²) in [6.45, 7) is 0.766. The maximum atomic E-state index is 15.0. The van der Waals surface area contributed by atoms with Gasteiger partial charge in [0.1, 0.15) is 23.1 Å². The lowest BCUT2D eigenvalue weighted by Gasteiger charge is -2.36. The second kappa shape index (κ2) is 10.8. The number of carbonyl (C=O) groups is 1. The van der Waals surface area contributed by atoms with Crippen LogP contribution in [0, 0.1) is 17.5 Å². The van der Waals surface area contributed by atoms with Crippen molar-refractivity contribution >= 4 is 16.9 Å². The molecule has 0 saturated carbocycles. The van der Waals surface area contributed by atoms with Crippen LogP contribution < -0.4 is 4.74 Å². The lowest BCUT2D eigenvalue weighted by atomic mass is 9.97. The highest BCUT2D eigenvalue weighted by atomic mass is 19.1. The number of aromatic nitrogens is 3. The molecule has 3 aromatic carbocycles. The zero-order chi connectivity index (χ0) is 28.6. The molecule has 2 aromatic heterocycles. The van der Waals surface area contributed by atoms with Crippen LogP contribution in [-0.4, -0.2) is 39.2 Å². The summed E-state index contributed by atoms with van der Waals surface area (Å²) in [5, 5.41) is 9.23. The largest absolute Gasteiger partial charge is 0.481 e. The van der Waals surface area contributed by atoms with Crippen LogP contribution in [0.15, 0.2) is 67.0 Å². The highest BCUT2D eigenvalue weighted by Gasteiger charge is 2.41. The molecule has 3 heterocycles. The number of ether oxygens (including phenoxy) is 3. The molecular weight excluding hydrogens is 539 g/mol. The second-order valence-electron chi connectivity index (χ2n) is 9.59. The number of hydrogen-bond donors (Lipinski definition) is 3. The van der Waals surface area contributed by atoms with Crippen molar-refractivity contribution in [3.63, 3.8) is 0 Å². The number of carboxylic acids is 1. The van der Waals surface area contributed by atoms with Crippen molar-refractivity contribution in [2.24, 2.45) is 0 Å². The van der Waals surface area contributed by atoms with Gasteiger partial charge in [-0.25, -0.2) is 18.2 Å². The summed E-state index contributed by atoms with van der Waals surface area (Å²) in [5.74, 6) is -5.23. The van der Waals surface area contributed by atoms with Gasteiger partial charge in [-0.2, -0.15) is 0 Å². The summed E-state index contributed by atoms with van der Waals surface area (Å²) in [6, 6.07) is 13.5. The lowest BCUT2D eigenvalue weighted by Crippen LogP contribution is -2.39. The zero-order valence-corrected chi connectivity index (χ0v) is 21.5. The molecule has 0 bridgehead atoms. The van der Waals surface area contributed by atoms with E-state index in [1.807, 2.05) is 12.1 Å². The third-order valence-corrected chi connectivity index (χ3v) is 6.88. The van der Waals surface area contributed by atoms with Crippen molar-refractivity contribution in [3.8, 4) is 22.9 Å². The predicted octanol–water partition coefficient (Wildman–Crippen LogP) is 6.42. The first-order valence-corrected chi connectivity index (χ1v) is 12.9. The summed E-state index contributed by atoms with van der Waals surface area (Å²) in [6.07, 6.45) is 3.91. The number of carboxylic acid groups (broad SMARTS) is 1. The number of imidazole rings is 1. The van der Waals surface area contributed by atoms with Crippen LogP contribution >= 0.6 is 0 Å². The van der Waals surface area contributed by atoms with E-state index < -0.39 is 35.0 Å². The van der Waals surface area contributed by atoms with Gasteiger partial charge in [-0.3, -0.25) is 4.79 Å². The van der Waals surface area contributed by atoms with E-state index in [-0.39, 0.29) is 34.5 Å². The predicted molar refractivity (Wildman–Crippen MR) is 142 cm³/mol. The van der Waals surface area contributed by atoms with Crippen molar-refractivity contribution < 1.29 is 37.3 Å². The minimum absolute atomic E-state index is 0.00143. The molecule has 210 valence electrons. The summed E-state index contributed by atoms with van der Waals surface area (Å²) in [5.41, 5.74) is 2.08. The van der Waals surface area contributed by atoms with Crippen LogP contribution in [0.3, 0.4) is 0 Å². The number of aliphatic carboxylic acids is 1. The van der Waals surface area contributed by atoms with Gasteiger partial charge in [-0.1, -0.05) is 18.2 Å². The minimum atomic E-state index is -1.38. The Hall–Kier alpha value is -4.61. The number of benzene rings is 3. The zero-order valence-electron chi connectivity index (χ0n) is 21.5. The number of aryl methyl sites for hydroxylation is 1. The molecule has 0 unspecified atom stereocenters. The Bertz CT molecular complexity index is 1740. The quantitative estimate of drug-likeness (QED) is 0.201. The fourth-order valence-electron chi connectivity index (χ4n) is 4.89. The molecule has 11 heteroatoms. The maximum Gasteiger partial charge on any atom is 0.303 e. The molecule has 1 aliphatic heterocycles. The Morgan fingerprint density at radius 2 is 1.88 bits per heavy atom. The monoisotopic (exact) mass is 563 g/mol. The first-order chi connectivity index (χ1) is 19.8. The molecule has 0 aliphatic carbocycles. The van der Waals surface area contributed by atoms with E-state index in [0.717, 1.165) is 17.7 Å². The van der Waals surface area contributed by atoms with Gasteiger partial charge in [0.25, 0.3) is 0 Å². The van der Waals surface area contributed by atoms with E-state index in [0.29, 0.717) is 37.3 Å². The van der Waals surface area contributed by atoms with Crippen molar-refractivity contribution in [3.05, 3.63) is 101 Å². The number of nitrogens with zero attached hydrogens (tertiary/aromatic N) is 1. The lowest BCUT2D eigenvalue weighted by molar-refractivity contribution is -0.251. The van der Waals surface area contributed by atoms with Gasteiger partial charge >= 0.3 is 5.97 Å². The first kappa shape index (κ1) is 26.6. The van der Waals surface area contributed by atoms with E-state index in [4.69, 9.17) is 19.3 Å². The minimum Gasteiger partial charge on any atom is -0.481 e. The Kier molecular flexibility index (Phi) is 6.98. The molecule has 1 aliphatic rings. The topological polar surface area (TPSA) is 109 Å². The van der Waals surface area contributed by atoms with Gasteiger partial charge in [-0.15, -0.1) is 0 Å². The molecule has 1 fully saturated rings.